The molecule has 0 spiro atoms. The van der Waals surface area contributed by atoms with Gasteiger partial charge in [-0.1, -0.05) is 40.2 Å². The number of nitro benzene ring substituents is 1. The van der Waals surface area contributed by atoms with E-state index in [0.29, 0.717) is 11.5 Å². The topological polar surface area (TPSA) is 123 Å². The molecule has 32 heavy (non-hydrogen) atoms. The molecule has 2 N–H and O–H groups in total. The lowest BCUT2D eigenvalue weighted by atomic mass is 10.1. The number of para-hydroxylation sites is 2. The van der Waals surface area contributed by atoms with Gasteiger partial charge in [0.2, 0.25) is 0 Å². The van der Waals surface area contributed by atoms with Crippen LogP contribution in [0.25, 0.3) is 0 Å². The number of rotatable bonds is 8. The number of nitro groups is 1. The van der Waals surface area contributed by atoms with Crippen molar-refractivity contribution in [2.45, 2.75) is 11.8 Å². The summed E-state index contributed by atoms with van der Waals surface area (Å²) in [4.78, 5) is 10.3. The highest BCUT2D eigenvalue weighted by atomic mass is 79.9. The summed E-state index contributed by atoms with van der Waals surface area (Å²) in [5.41, 5.74) is 4.03. The van der Waals surface area contributed by atoms with Crippen LogP contribution in [0.5, 0.6) is 5.75 Å². The second-order valence-electron chi connectivity index (χ2n) is 6.56. The van der Waals surface area contributed by atoms with Crippen molar-refractivity contribution in [1.82, 2.24) is 0 Å². The lowest BCUT2D eigenvalue weighted by Gasteiger charge is -2.14. The van der Waals surface area contributed by atoms with Crippen molar-refractivity contribution < 1.29 is 18.1 Å². The van der Waals surface area contributed by atoms with E-state index in [9.17, 15) is 18.5 Å². The van der Waals surface area contributed by atoms with E-state index in [-0.39, 0.29) is 22.0 Å². The van der Waals surface area contributed by atoms with Gasteiger partial charge in [-0.25, -0.2) is 8.42 Å². The zero-order valence-electron chi connectivity index (χ0n) is 17.1. The molecule has 11 heteroatoms. The number of anilines is 2. The molecule has 9 nitrogen and oxygen atoms in total. The molecule has 0 unspecified atom stereocenters. The number of non-ortho nitro benzene ring substituents is 1. The molecule has 3 aromatic rings. The van der Waals surface area contributed by atoms with Gasteiger partial charge < -0.3 is 4.74 Å². The van der Waals surface area contributed by atoms with Crippen LogP contribution in [0.3, 0.4) is 0 Å². The first kappa shape index (κ1) is 23.2. The number of benzene rings is 3. The number of sulfonamides is 1. The molecular weight excluding hydrogens is 500 g/mol. The zero-order valence-corrected chi connectivity index (χ0v) is 19.5. The molecule has 0 atom stereocenters. The van der Waals surface area contributed by atoms with Crippen LogP contribution in [0.4, 0.5) is 17.1 Å². The summed E-state index contributed by atoms with van der Waals surface area (Å²) < 4.78 is 34.8. The lowest BCUT2D eigenvalue weighted by molar-refractivity contribution is -0.385. The van der Waals surface area contributed by atoms with Crippen LogP contribution >= 0.6 is 15.9 Å². The SMILES string of the molecule is COc1ccccc1NS(=O)(=O)c1cc([N+](=O)[O-])ccc1NN=C(C)c1ccc(Br)cc1. The molecule has 3 rings (SSSR count). The van der Waals surface area contributed by atoms with Crippen LogP contribution in [-0.2, 0) is 10.0 Å². The number of nitrogens with zero attached hydrogens (tertiary/aromatic N) is 2. The third kappa shape index (κ3) is 5.42. The predicted molar refractivity (Wildman–Crippen MR) is 127 cm³/mol. The summed E-state index contributed by atoms with van der Waals surface area (Å²) in [7, 11) is -2.81. The molecule has 0 aromatic heterocycles. The second-order valence-corrected chi connectivity index (χ2v) is 9.13. The van der Waals surface area contributed by atoms with Gasteiger partial charge in [0.05, 0.1) is 29.1 Å². The molecule has 0 saturated carbocycles. The first-order chi connectivity index (χ1) is 15.2. The summed E-state index contributed by atoms with van der Waals surface area (Å²) in [6.07, 6.45) is 0. The zero-order chi connectivity index (χ0) is 23.3. The number of nitrogens with one attached hydrogen (secondary N) is 2. The first-order valence-corrected chi connectivity index (χ1v) is 11.5. The average Bonchev–Trinajstić information content (AvgIpc) is 2.77. The van der Waals surface area contributed by atoms with Crippen LogP contribution in [0.15, 0.2) is 81.2 Å². The molecule has 0 radical (unpaired) electrons. The Kier molecular flexibility index (Phi) is 7.11. The Bertz CT molecular complexity index is 1280. The maximum atomic E-state index is 13.1. The van der Waals surface area contributed by atoms with Gasteiger partial charge in [0.1, 0.15) is 10.6 Å². The summed E-state index contributed by atoms with van der Waals surface area (Å²) in [5.74, 6) is 0.306. The number of hydrogen-bond donors (Lipinski definition) is 2. The Balaban J connectivity index is 2.00. The van der Waals surface area contributed by atoms with E-state index in [4.69, 9.17) is 4.74 Å². The molecule has 0 aliphatic carbocycles. The molecule has 3 aromatic carbocycles. The maximum absolute atomic E-state index is 13.1. The van der Waals surface area contributed by atoms with Crippen molar-refractivity contribution in [3.05, 3.63) is 86.9 Å². The number of hydrogen-bond acceptors (Lipinski definition) is 7. The Hall–Kier alpha value is -3.44. The van der Waals surface area contributed by atoms with Crippen molar-refractivity contribution in [2.75, 3.05) is 17.3 Å². The molecule has 0 aliphatic rings. The fourth-order valence-corrected chi connectivity index (χ4v) is 4.28. The van der Waals surface area contributed by atoms with E-state index in [1.165, 1.54) is 25.3 Å². The molecule has 0 fully saturated rings. The highest BCUT2D eigenvalue weighted by Gasteiger charge is 2.24. The number of methoxy groups -OCH3 is 1. The van der Waals surface area contributed by atoms with Gasteiger partial charge in [-0.3, -0.25) is 20.3 Å². The fraction of sp³-hybridized carbons (Fsp3) is 0.0952. The van der Waals surface area contributed by atoms with Gasteiger partial charge in [0.15, 0.2) is 0 Å². The van der Waals surface area contributed by atoms with E-state index in [0.717, 1.165) is 16.1 Å². The van der Waals surface area contributed by atoms with Crippen molar-refractivity contribution in [1.29, 1.82) is 0 Å². The third-order valence-corrected chi connectivity index (χ3v) is 6.36. The third-order valence-electron chi connectivity index (χ3n) is 4.42. The van der Waals surface area contributed by atoms with E-state index in [2.05, 4.69) is 31.2 Å². The van der Waals surface area contributed by atoms with Crippen LogP contribution in [-0.4, -0.2) is 26.2 Å². The molecule has 0 heterocycles. The van der Waals surface area contributed by atoms with Gasteiger partial charge >= 0.3 is 0 Å². The summed E-state index contributed by atoms with van der Waals surface area (Å²) >= 11 is 3.36. The maximum Gasteiger partial charge on any atom is 0.270 e. The van der Waals surface area contributed by atoms with Gasteiger partial charge in [-0.2, -0.15) is 5.10 Å². The van der Waals surface area contributed by atoms with Crippen LogP contribution in [0.2, 0.25) is 0 Å². The Morgan fingerprint density at radius 2 is 1.75 bits per heavy atom. The van der Waals surface area contributed by atoms with Crippen molar-refractivity contribution in [2.24, 2.45) is 5.10 Å². The van der Waals surface area contributed by atoms with Gasteiger partial charge in [-0.15, -0.1) is 0 Å². The summed E-state index contributed by atoms with van der Waals surface area (Å²) in [6.45, 7) is 1.75. The molecular formula is C21H19BrN4O5S. The number of ether oxygens (including phenoxy) is 1. The van der Waals surface area contributed by atoms with Crippen LogP contribution in [0, 0.1) is 10.1 Å². The quantitative estimate of drug-likeness (QED) is 0.245. The van der Waals surface area contributed by atoms with E-state index >= 15 is 0 Å². The smallest absolute Gasteiger partial charge is 0.270 e. The highest BCUT2D eigenvalue weighted by molar-refractivity contribution is 9.10. The summed E-state index contributed by atoms with van der Waals surface area (Å²) in [5, 5.41) is 15.5. The molecule has 166 valence electrons. The van der Waals surface area contributed by atoms with E-state index < -0.39 is 14.9 Å². The fourth-order valence-electron chi connectivity index (χ4n) is 2.77. The monoisotopic (exact) mass is 518 g/mol. The van der Waals surface area contributed by atoms with Crippen LogP contribution < -0.4 is 14.9 Å². The summed E-state index contributed by atoms with van der Waals surface area (Å²) in [6, 6.07) is 17.3. The van der Waals surface area contributed by atoms with Crippen molar-refractivity contribution >= 4 is 48.7 Å². The Labute approximate surface area is 193 Å². The Morgan fingerprint density at radius 1 is 1.06 bits per heavy atom. The van der Waals surface area contributed by atoms with E-state index in [1.807, 2.05) is 24.3 Å². The minimum absolute atomic E-state index is 0.0782. The minimum Gasteiger partial charge on any atom is -0.495 e. The minimum atomic E-state index is -4.22. The van der Waals surface area contributed by atoms with Crippen molar-refractivity contribution in [3.8, 4) is 5.75 Å². The normalized spacial score (nSPS) is 11.7. The molecule has 0 saturated heterocycles. The molecule has 0 amide bonds. The largest absolute Gasteiger partial charge is 0.495 e. The second kappa shape index (κ2) is 9.79. The predicted octanol–water partition coefficient (Wildman–Crippen LogP) is 5.00. The molecule has 0 bridgehead atoms. The Morgan fingerprint density at radius 3 is 2.41 bits per heavy atom. The lowest BCUT2D eigenvalue weighted by Crippen LogP contribution is -2.16. The number of hydrazone groups is 1. The van der Waals surface area contributed by atoms with Crippen LogP contribution in [0.1, 0.15) is 12.5 Å². The van der Waals surface area contributed by atoms with Gasteiger partial charge in [0.25, 0.3) is 15.7 Å². The highest BCUT2D eigenvalue weighted by Crippen LogP contribution is 2.31. The first-order valence-electron chi connectivity index (χ1n) is 9.22. The van der Waals surface area contributed by atoms with Gasteiger partial charge in [0, 0.05) is 16.6 Å². The van der Waals surface area contributed by atoms with Gasteiger partial charge in [-0.05, 0) is 42.8 Å². The van der Waals surface area contributed by atoms with Crippen molar-refractivity contribution in [3.63, 3.8) is 0 Å². The molecule has 0 aliphatic heterocycles. The average molecular weight is 519 g/mol. The number of halogens is 1. The van der Waals surface area contributed by atoms with E-state index in [1.54, 1.807) is 25.1 Å². The standard InChI is InChI=1S/C21H19BrN4O5S/c1-14(15-7-9-16(22)10-8-15)23-24-19-12-11-17(26(27)28)13-21(19)32(29,30)25-18-5-3-4-6-20(18)31-2/h3-13,24-25H,1-2H3.